The zero-order valence-electron chi connectivity index (χ0n) is 10.1. The summed E-state index contributed by atoms with van der Waals surface area (Å²) in [5, 5.41) is 3.21. The monoisotopic (exact) mass is 227 g/mol. The molecule has 0 amide bonds. The molecular weight excluding hydrogens is 208 g/mol. The molecular formula is C13H19F2N. The fourth-order valence-corrected chi connectivity index (χ4v) is 1.43. The molecule has 1 nitrogen and oxygen atoms in total. The second-order valence-corrected chi connectivity index (χ2v) is 4.29. The Morgan fingerprint density at radius 1 is 1.31 bits per heavy atom. The first-order valence-corrected chi connectivity index (χ1v) is 5.66. The fourth-order valence-electron chi connectivity index (χ4n) is 1.43. The van der Waals surface area contributed by atoms with E-state index < -0.39 is 5.92 Å². The predicted octanol–water partition coefficient (Wildman–Crippen LogP) is 3.69. The molecule has 1 N–H and O–H groups in total. The first kappa shape index (κ1) is 13.1. The van der Waals surface area contributed by atoms with Crippen LogP contribution in [0.15, 0.2) is 24.3 Å². The zero-order chi connectivity index (χ0) is 12.2. The van der Waals surface area contributed by atoms with E-state index in [1.165, 1.54) is 13.0 Å². The standard InChI is InChI=1S/C13H19F2N/c1-4-13(14,15)12-7-5-6-11(8-12)9-16-10(2)3/h5-8,10,16H,4,9H2,1-3H3. The number of hydrogen-bond acceptors (Lipinski definition) is 1. The molecule has 90 valence electrons. The van der Waals surface area contributed by atoms with Gasteiger partial charge in [-0.1, -0.05) is 39.0 Å². The maximum absolute atomic E-state index is 13.4. The molecule has 16 heavy (non-hydrogen) atoms. The summed E-state index contributed by atoms with van der Waals surface area (Å²) in [5.74, 6) is -2.71. The molecule has 0 aromatic heterocycles. The van der Waals surface area contributed by atoms with E-state index in [0.717, 1.165) is 5.56 Å². The lowest BCUT2D eigenvalue weighted by Crippen LogP contribution is -2.22. The molecule has 0 spiro atoms. The minimum absolute atomic E-state index is 0.109. The average molecular weight is 227 g/mol. The zero-order valence-corrected chi connectivity index (χ0v) is 10.1. The van der Waals surface area contributed by atoms with Crippen LogP contribution in [0.25, 0.3) is 0 Å². The van der Waals surface area contributed by atoms with Crippen molar-refractivity contribution in [3.05, 3.63) is 35.4 Å². The van der Waals surface area contributed by atoms with Gasteiger partial charge >= 0.3 is 0 Å². The van der Waals surface area contributed by atoms with E-state index in [0.29, 0.717) is 12.6 Å². The van der Waals surface area contributed by atoms with Crippen molar-refractivity contribution in [3.63, 3.8) is 0 Å². The summed E-state index contributed by atoms with van der Waals surface area (Å²) < 4.78 is 26.9. The highest BCUT2D eigenvalue weighted by atomic mass is 19.3. The van der Waals surface area contributed by atoms with Crippen LogP contribution >= 0.6 is 0 Å². The average Bonchev–Trinajstić information content (AvgIpc) is 2.27. The molecule has 3 heteroatoms. The van der Waals surface area contributed by atoms with Crippen LogP contribution in [0.1, 0.15) is 38.3 Å². The highest BCUT2D eigenvalue weighted by Gasteiger charge is 2.28. The Morgan fingerprint density at radius 2 is 2.00 bits per heavy atom. The number of benzene rings is 1. The van der Waals surface area contributed by atoms with Crippen LogP contribution in [-0.2, 0) is 12.5 Å². The Kier molecular flexibility index (Phi) is 4.42. The van der Waals surface area contributed by atoms with Gasteiger partial charge in [-0.25, -0.2) is 8.78 Å². The molecule has 1 rings (SSSR count). The van der Waals surface area contributed by atoms with Crippen molar-refractivity contribution in [1.82, 2.24) is 5.32 Å². The van der Waals surface area contributed by atoms with Crippen LogP contribution in [0, 0.1) is 0 Å². The maximum atomic E-state index is 13.4. The van der Waals surface area contributed by atoms with Gasteiger partial charge in [0.1, 0.15) is 0 Å². The topological polar surface area (TPSA) is 12.0 Å². The van der Waals surface area contributed by atoms with Crippen molar-refractivity contribution in [2.24, 2.45) is 0 Å². The second-order valence-electron chi connectivity index (χ2n) is 4.29. The number of alkyl halides is 2. The Balaban J connectivity index is 2.79. The third-order valence-corrected chi connectivity index (χ3v) is 2.51. The number of hydrogen-bond donors (Lipinski definition) is 1. The molecule has 0 saturated heterocycles. The van der Waals surface area contributed by atoms with Crippen LogP contribution in [0.2, 0.25) is 0 Å². The van der Waals surface area contributed by atoms with Gasteiger partial charge in [0, 0.05) is 24.6 Å². The summed E-state index contributed by atoms with van der Waals surface area (Å²) in [6, 6.07) is 6.98. The van der Waals surface area contributed by atoms with Crippen molar-refractivity contribution in [3.8, 4) is 0 Å². The van der Waals surface area contributed by atoms with E-state index in [1.807, 2.05) is 19.9 Å². The normalized spacial score (nSPS) is 12.1. The van der Waals surface area contributed by atoms with Crippen molar-refractivity contribution < 1.29 is 8.78 Å². The Bertz CT molecular complexity index is 334. The van der Waals surface area contributed by atoms with Crippen LogP contribution in [0.4, 0.5) is 8.78 Å². The predicted molar refractivity (Wildman–Crippen MR) is 62.6 cm³/mol. The Morgan fingerprint density at radius 3 is 2.56 bits per heavy atom. The molecule has 0 heterocycles. The van der Waals surface area contributed by atoms with Gasteiger partial charge in [-0.2, -0.15) is 0 Å². The van der Waals surface area contributed by atoms with E-state index in [2.05, 4.69) is 5.32 Å². The van der Waals surface area contributed by atoms with Gasteiger partial charge in [-0.15, -0.1) is 0 Å². The number of rotatable bonds is 5. The molecule has 0 atom stereocenters. The van der Waals surface area contributed by atoms with E-state index in [9.17, 15) is 8.78 Å². The van der Waals surface area contributed by atoms with E-state index >= 15 is 0 Å². The van der Waals surface area contributed by atoms with E-state index in [4.69, 9.17) is 0 Å². The summed E-state index contributed by atoms with van der Waals surface area (Å²) in [7, 11) is 0. The lowest BCUT2D eigenvalue weighted by molar-refractivity contribution is -0.00836. The van der Waals surface area contributed by atoms with Gasteiger partial charge < -0.3 is 5.32 Å². The lowest BCUT2D eigenvalue weighted by Gasteiger charge is -2.16. The van der Waals surface area contributed by atoms with Gasteiger partial charge in [-0.3, -0.25) is 0 Å². The van der Waals surface area contributed by atoms with Gasteiger partial charge in [0.05, 0.1) is 0 Å². The smallest absolute Gasteiger partial charge is 0.273 e. The molecule has 1 aromatic rings. The summed E-state index contributed by atoms with van der Waals surface area (Å²) >= 11 is 0. The molecule has 0 aliphatic heterocycles. The van der Waals surface area contributed by atoms with Crippen LogP contribution in [-0.4, -0.2) is 6.04 Å². The third-order valence-electron chi connectivity index (χ3n) is 2.51. The highest BCUT2D eigenvalue weighted by Crippen LogP contribution is 2.31. The molecule has 0 fully saturated rings. The molecule has 0 radical (unpaired) electrons. The molecule has 0 aliphatic carbocycles. The van der Waals surface area contributed by atoms with E-state index in [-0.39, 0.29) is 12.0 Å². The Labute approximate surface area is 95.9 Å². The minimum atomic E-state index is -2.71. The number of halogens is 2. The molecule has 0 saturated carbocycles. The first-order chi connectivity index (χ1) is 7.45. The van der Waals surface area contributed by atoms with E-state index in [1.54, 1.807) is 12.1 Å². The van der Waals surface area contributed by atoms with Crippen molar-refractivity contribution in [2.75, 3.05) is 0 Å². The van der Waals surface area contributed by atoms with Crippen molar-refractivity contribution in [1.29, 1.82) is 0 Å². The van der Waals surface area contributed by atoms with Gasteiger partial charge in [0.2, 0.25) is 0 Å². The highest BCUT2D eigenvalue weighted by molar-refractivity contribution is 5.26. The third kappa shape index (κ3) is 3.56. The first-order valence-electron chi connectivity index (χ1n) is 5.66. The molecule has 0 unspecified atom stereocenters. The minimum Gasteiger partial charge on any atom is -0.310 e. The quantitative estimate of drug-likeness (QED) is 0.809. The van der Waals surface area contributed by atoms with Gasteiger partial charge in [0.25, 0.3) is 5.92 Å². The lowest BCUT2D eigenvalue weighted by atomic mass is 10.0. The van der Waals surface area contributed by atoms with Crippen LogP contribution < -0.4 is 5.32 Å². The molecule has 1 aromatic carbocycles. The van der Waals surface area contributed by atoms with Crippen molar-refractivity contribution in [2.45, 2.75) is 45.7 Å². The second kappa shape index (κ2) is 5.39. The van der Waals surface area contributed by atoms with Gasteiger partial charge in [0.15, 0.2) is 0 Å². The fraction of sp³-hybridized carbons (Fsp3) is 0.538. The summed E-state index contributed by atoms with van der Waals surface area (Å²) in [6.07, 6.45) is -0.159. The SMILES string of the molecule is CCC(F)(F)c1cccc(CNC(C)C)c1. The van der Waals surface area contributed by atoms with Gasteiger partial charge in [-0.05, 0) is 11.6 Å². The summed E-state index contributed by atoms with van der Waals surface area (Å²) in [6.45, 7) is 6.19. The van der Waals surface area contributed by atoms with Crippen molar-refractivity contribution >= 4 is 0 Å². The Hall–Kier alpha value is -0.960. The number of nitrogens with one attached hydrogen (secondary N) is 1. The van der Waals surface area contributed by atoms with Crippen LogP contribution in [0.5, 0.6) is 0 Å². The summed E-state index contributed by atoms with van der Waals surface area (Å²) in [5.41, 5.74) is 1.01. The maximum Gasteiger partial charge on any atom is 0.273 e. The largest absolute Gasteiger partial charge is 0.310 e. The molecule has 0 bridgehead atoms. The summed E-state index contributed by atoms with van der Waals surface area (Å²) in [4.78, 5) is 0. The molecule has 0 aliphatic rings. The van der Waals surface area contributed by atoms with Crippen LogP contribution in [0.3, 0.4) is 0 Å².